The number of halogens is 3. The molecule has 0 aliphatic carbocycles. The highest BCUT2D eigenvalue weighted by atomic mass is 32.2. The first-order chi connectivity index (χ1) is 13.2. The van der Waals surface area contributed by atoms with Crippen LogP contribution in [0.25, 0.3) is 0 Å². The molecule has 158 valence electrons. The first-order valence-corrected chi connectivity index (χ1v) is 11.4. The fourth-order valence-corrected chi connectivity index (χ4v) is 3.92. The maximum Gasteiger partial charge on any atom is 0.501 e. The van der Waals surface area contributed by atoms with Crippen molar-refractivity contribution in [3.8, 4) is 5.75 Å². The van der Waals surface area contributed by atoms with E-state index in [1.165, 1.54) is 31.4 Å². The molecule has 0 unspecified atom stereocenters. The molecule has 0 heterocycles. The molecular weight excluding hydrogens is 435 g/mol. The minimum absolute atomic E-state index is 0.0480. The van der Waals surface area contributed by atoms with Gasteiger partial charge in [-0.2, -0.15) is 13.2 Å². The molecule has 7 nitrogen and oxygen atoms in total. The number of amides is 1. The van der Waals surface area contributed by atoms with Gasteiger partial charge in [0.15, 0.2) is 9.84 Å². The number of anilines is 1. The molecule has 29 heavy (non-hydrogen) atoms. The number of alkyl halides is 3. The predicted octanol–water partition coefficient (Wildman–Crippen LogP) is 2.79. The van der Waals surface area contributed by atoms with Gasteiger partial charge < -0.3 is 10.1 Å². The Kier molecular flexibility index (Phi) is 6.28. The van der Waals surface area contributed by atoms with Gasteiger partial charge in [-0.25, -0.2) is 16.8 Å². The average molecular weight is 451 g/mol. The van der Waals surface area contributed by atoms with Crippen molar-refractivity contribution in [1.82, 2.24) is 0 Å². The summed E-state index contributed by atoms with van der Waals surface area (Å²) in [7, 11) is -7.68. The van der Waals surface area contributed by atoms with Gasteiger partial charge in [-0.15, -0.1) is 0 Å². The lowest BCUT2D eigenvalue weighted by Crippen LogP contribution is -2.23. The number of hydrogen-bond acceptors (Lipinski definition) is 6. The smallest absolute Gasteiger partial charge is 0.495 e. The van der Waals surface area contributed by atoms with Crippen LogP contribution in [0.15, 0.2) is 47.4 Å². The van der Waals surface area contributed by atoms with Crippen LogP contribution in [0.3, 0.4) is 0 Å². The normalized spacial score (nSPS) is 12.4. The number of carbonyl (C=O) groups excluding carboxylic acids is 1. The summed E-state index contributed by atoms with van der Waals surface area (Å²) >= 11 is 0. The van der Waals surface area contributed by atoms with Crippen LogP contribution in [0.4, 0.5) is 18.9 Å². The maximum atomic E-state index is 12.8. The zero-order valence-electron chi connectivity index (χ0n) is 15.1. The summed E-state index contributed by atoms with van der Waals surface area (Å²) in [6, 6.07) is 7.85. The highest BCUT2D eigenvalue weighted by Crippen LogP contribution is 2.34. The molecule has 0 saturated carbocycles. The van der Waals surface area contributed by atoms with E-state index in [1.54, 1.807) is 0 Å². The van der Waals surface area contributed by atoms with Gasteiger partial charge in [0.2, 0.25) is 0 Å². The molecule has 0 aliphatic rings. The number of carbonyl (C=O) groups is 1. The van der Waals surface area contributed by atoms with E-state index >= 15 is 0 Å². The Labute approximate surface area is 165 Å². The van der Waals surface area contributed by atoms with Gasteiger partial charge in [-0.3, -0.25) is 4.79 Å². The van der Waals surface area contributed by atoms with E-state index in [-0.39, 0.29) is 22.8 Å². The third-order valence-electron chi connectivity index (χ3n) is 3.68. The van der Waals surface area contributed by atoms with Gasteiger partial charge in [0, 0.05) is 11.8 Å². The van der Waals surface area contributed by atoms with E-state index in [4.69, 9.17) is 4.74 Å². The zero-order chi connectivity index (χ0) is 22.0. The fourth-order valence-electron chi connectivity index (χ4n) is 2.34. The first kappa shape index (κ1) is 22.7. The SMILES string of the molecule is COc1ccc(S(=O)(=O)C(F)(F)F)cc1NC(=O)c1ccc(CS(C)(=O)=O)cc1. The minimum Gasteiger partial charge on any atom is -0.495 e. The molecule has 1 amide bonds. The Morgan fingerprint density at radius 2 is 1.62 bits per heavy atom. The minimum atomic E-state index is -5.61. The lowest BCUT2D eigenvalue weighted by Gasteiger charge is -2.14. The molecule has 0 bridgehead atoms. The van der Waals surface area contributed by atoms with Crippen molar-refractivity contribution in [3.63, 3.8) is 0 Å². The Balaban J connectivity index is 2.33. The summed E-state index contributed by atoms with van der Waals surface area (Å²) in [5.41, 5.74) is -5.26. The number of benzene rings is 2. The third kappa shape index (κ3) is 5.48. The fraction of sp³-hybridized carbons (Fsp3) is 0.235. The monoisotopic (exact) mass is 451 g/mol. The molecule has 0 saturated heterocycles. The van der Waals surface area contributed by atoms with Gasteiger partial charge in [0.05, 0.1) is 23.4 Å². The third-order valence-corrected chi connectivity index (χ3v) is 6.02. The second-order valence-electron chi connectivity index (χ2n) is 6.03. The molecule has 0 radical (unpaired) electrons. The number of sulfone groups is 2. The van der Waals surface area contributed by atoms with Crippen molar-refractivity contribution in [2.45, 2.75) is 16.2 Å². The number of rotatable bonds is 6. The van der Waals surface area contributed by atoms with Crippen molar-refractivity contribution >= 4 is 31.3 Å². The quantitative estimate of drug-likeness (QED) is 0.724. The van der Waals surface area contributed by atoms with Crippen molar-refractivity contribution < 1.29 is 39.5 Å². The Morgan fingerprint density at radius 1 is 1.03 bits per heavy atom. The van der Waals surface area contributed by atoms with Crippen LogP contribution in [-0.4, -0.2) is 41.6 Å². The Morgan fingerprint density at radius 3 is 2.10 bits per heavy atom. The van der Waals surface area contributed by atoms with Gasteiger partial charge in [0.1, 0.15) is 5.75 Å². The van der Waals surface area contributed by atoms with Crippen LogP contribution in [-0.2, 0) is 25.4 Å². The van der Waals surface area contributed by atoms with Crippen LogP contribution in [0.1, 0.15) is 15.9 Å². The molecule has 0 atom stereocenters. The summed E-state index contributed by atoms with van der Waals surface area (Å²) in [6.45, 7) is 0. The van der Waals surface area contributed by atoms with E-state index in [0.717, 1.165) is 18.4 Å². The summed E-state index contributed by atoms with van der Waals surface area (Å²) < 4.78 is 89.0. The first-order valence-electron chi connectivity index (χ1n) is 7.82. The van der Waals surface area contributed by atoms with Crippen molar-refractivity contribution in [2.75, 3.05) is 18.7 Å². The topological polar surface area (TPSA) is 107 Å². The Bertz CT molecular complexity index is 1120. The number of methoxy groups -OCH3 is 1. The summed E-state index contributed by atoms with van der Waals surface area (Å²) in [6.07, 6.45) is 1.06. The summed E-state index contributed by atoms with van der Waals surface area (Å²) in [5, 5.41) is 2.30. The molecule has 1 N–H and O–H groups in total. The zero-order valence-corrected chi connectivity index (χ0v) is 16.8. The van der Waals surface area contributed by atoms with Gasteiger partial charge in [-0.1, -0.05) is 12.1 Å². The molecule has 0 aliphatic heterocycles. The van der Waals surface area contributed by atoms with Gasteiger partial charge in [-0.05, 0) is 35.9 Å². The number of hydrogen-bond donors (Lipinski definition) is 1. The lowest BCUT2D eigenvalue weighted by molar-refractivity contribution is -0.0436. The molecule has 12 heteroatoms. The molecular formula is C17H16F3NO6S2. The Hall–Kier alpha value is -2.60. The van der Waals surface area contributed by atoms with Crippen molar-refractivity contribution in [2.24, 2.45) is 0 Å². The van der Waals surface area contributed by atoms with E-state index < -0.39 is 36.0 Å². The second-order valence-corrected chi connectivity index (χ2v) is 10.1. The average Bonchev–Trinajstić information content (AvgIpc) is 2.59. The van der Waals surface area contributed by atoms with Gasteiger partial charge >= 0.3 is 5.51 Å². The molecule has 0 aromatic heterocycles. The number of ether oxygens (including phenoxy) is 1. The lowest BCUT2D eigenvalue weighted by atomic mass is 10.1. The summed E-state index contributed by atoms with van der Waals surface area (Å²) in [5.74, 6) is -1.02. The van der Waals surface area contributed by atoms with Crippen LogP contribution < -0.4 is 10.1 Å². The highest BCUT2D eigenvalue weighted by molar-refractivity contribution is 7.92. The standard InChI is InChI=1S/C17H16F3NO6S2/c1-27-15-8-7-13(29(25,26)17(18,19)20)9-14(15)21-16(22)12-5-3-11(4-6-12)10-28(2,23)24/h3-9H,10H2,1-2H3,(H,21,22). The molecule has 0 fully saturated rings. The molecule has 0 spiro atoms. The number of nitrogens with one attached hydrogen (secondary N) is 1. The van der Waals surface area contributed by atoms with Crippen LogP contribution >= 0.6 is 0 Å². The van der Waals surface area contributed by atoms with Crippen molar-refractivity contribution in [3.05, 3.63) is 53.6 Å². The van der Waals surface area contributed by atoms with Crippen molar-refractivity contribution in [1.29, 1.82) is 0 Å². The largest absolute Gasteiger partial charge is 0.501 e. The van der Waals surface area contributed by atoms with Crippen LogP contribution in [0, 0.1) is 0 Å². The predicted molar refractivity (Wildman–Crippen MR) is 99.2 cm³/mol. The van der Waals surface area contributed by atoms with Crippen LogP contribution in [0.5, 0.6) is 5.75 Å². The highest BCUT2D eigenvalue weighted by Gasteiger charge is 2.47. The maximum absolute atomic E-state index is 12.8. The van der Waals surface area contributed by atoms with E-state index in [0.29, 0.717) is 11.6 Å². The van der Waals surface area contributed by atoms with Crippen LogP contribution in [0.2, 0.25) is 0 Å². The van der Waals surface area contributed by atoms with Gasteiger partial charge in [0.25, 0.3) is 15.7 Å². The second kappa shape index (κ2) is 8.03. The summed E-state index contributed by atoms with van der Waals surface area (Å²) in [4.78, 5) is 11.3. The van der Waals surface area contributed by atoms with E-state index in [1.807, 2.05) is 0 Å². The molecule has 2 aromatic carbocycles. The van der Waals surface area contributed by atoms with E-state index in [2.05, 4.69) is 5.32 Å². The molecule has 2 aromatic rings. The molecule has 2 rings (SSSR count). The van der Waals surface area contributed by atoms with E-state index in [9.17, 15) is 34.8 Å².